The maximum absolute atomic E-state index is 4.68. The molecule has 4 heteroatoms. The van der Waals surface area contributed by atoms with E-state index in [1.807, 2.05) is 6.20 Å². The van der Waals surface area contributed by atoms with Crippen molar-refractivity contribution < 1.29 is 0 Å². The third-order valence-corrected chi connectivity index (χ3v) is 4.52. The Morgan fingerprint density at radius 1 is 1.05 bits per heavy atom. The summed E-state index contributed by atoms with van der Waals surface area (Å²) in [6.07, 6.45) is 2.92. The van der Waals surface area contributed by atoms with Crippen LogP contribution in [0.2, 0.25) is 0 Å². The average molecular weight is 302 g/mol. The van der Waals surface area contributed by atoms with Gasteiger partial charge in [-0.1, -0.05) is 30.3 Å². The third-order valence-electron chi connectivity index (χ3n) is 4.52. The van der Waals surface area contributed by atoms with Gasteiger partial charge in [0.25, 0.3) is 0 Å². The number of hydrogen-bond donors (Lipinski definition) is 0. The van der Waals surface area contributed by atoms with Crippen LogP contribution in [0.15, 0.2) is 42.6 Å². The van der Waals surface area contributed by atoms with Gasteiger partial charge in [0.05, 0.1) is 6.04 Å². The lowest BCUT2D eigenvalue weighted by atomic mass is 9.96. The number of piperazine rings is 1. The second-order valence-electron chi connectivity index (χ2n) is 5.83. The third kappa shape index (κ3) is 2.41. The fourth-order valence-corrected chi connectivity index (χ4v) is 3.49. The van der Waals surface area contributed by atoms with Crippen LogP contribution < -0.4 is 4.90 Å². The molecule has 0 saturated carbocycles. The number of anilines is 1. The van der Waals surface area contributed by atoms with Crippen LogP contribution in [0.5, 0.6) is 0 Å². The molecule has 21 heavy (non-hydrogen) atoms. The molecule has 1 atom stereocenters. The second-order valence-corrected chi connectivity index (χ2v) is 5.83. The minimum atomic E-state index is 0. The maximum atomic E-state index is 4.68. The van der Waals surface area contributed by atoms with Gasteiger partial charge in [0.15, 0.2) is 0 Å². The molecule has 2 aliphatic rings. The molecule has 0 radical (unpaired) electrons. The lowest BCUT2D eigenvalue weighted by Gasteiger charge is -2.41. The monoisotopic (exact) mass is 301 g/mol. The SMILES string of the molecule is CN1CCN2c3ncccc3Cc3ccccc3C2C1.Cl. The fourth-order valence-electron chi connectivity index (χ4n) is 3.49. The molecule has 0 amide bonds. The minimum Gasteiger partial charge on any atom is -0.347 e. The van der Waals surface area contributed by atoms with E-state index in [2.05, 4.69) is 58.2 Å². The predicted molar refractivity (Wildman–Crippen MR) is 88.3 cm³/mol. The van der Waals surface area contributed by atoms with Gasteiger partial charge in [-0.2, -0.15) is 0 Å². The Hall–Kier alpha value is -1.58. The summed E-state index contributed by atoms with van der Waals surface area (Å²) in [6.45, 7) is 3.24. The lowest BCUT2D eigenvalue weighted by molar-refractivity contribution is 0.268. The van der Waals surface area contributed by atoms with Crippen molar-refractivity contribution in [1.29, 1.82) is 0 Å². The zero-order valence-electron chi connectivity index (χ0n) is 12.2. The van der Waals surface area contributed by atoms with E-state index in [4.69, 9.17) is 0 Å². The summed E-state index contributed by atoms with van der Waals surface area (Å²) in [7, 11) is 2.21. The number of benzene rings is 1. The van der Waals surface area contributed by atoms with Gasteiger partial charge in [-0.05, 0) is 29.8 Å². The molecule has 0 aliphatic carbocycles. The first-order valence-corrected chi connectivity index (χ1v) is 7.30. The molecule has 3 nitrogen and oxygen atoms in total. The molecule has 2 aliphatic heterocycles. The van der Waals surface area contributed by atoms with Crippen LogP contribution in [-0.4, -0.2) is 36.6 Å². The van der Waals surface area contributed by atoms with E-state index in [0.717, 1.165) is 26.1 Å². The number of hydrogen-bond acceptors (Lipinski definition) is 3. The van der Waals surface area contributed by atoms with Crippen molar-refractivity contribution in [2.24, 2.45) is 0 Å². The number of nitrogens with zero attached hydrogens (tertiary/aromatic N) is 3. The van der Waals surface area contributed by atoms with Crippen molar-refractivity contribution in [3.05, 3.63) is 59.3 Å². The summed E-state index contributed by atoms with van der Waals surface area (Å²) >= 11 is 0. The topological polar surface area (TPSA) is 19.4 Å². The Labute approximate surface area is 132 Å². The fraction of sp³-hybridized carbons (Fsp3) is 0.353. The van der Waals surface area contributed by atoms with E-state index in [1.165, 1.54) is 22.5 Å². The molecule has 3 heterocycles. The summed E-state index contributed by atoms with van der Waals surface area (Å²) in [6, 6.07) is 13.6. The standard InChI is InChI=1S/C17H19N3.ClH/c1-19-9-10-20-16(12-19)15-7-3-2-5-13(15)11-14-6-4-8-18-17(14)20;/h2-8,16H,9-12H2,1H3;1H. The van der Waals surface area contributed by atoms with Crippen LogP contribution >= 0.6 is 12.4 Å². The van der Waals surface area contributed by atoms with Crippen LogP contribution in [0.4, 0.5) is 5.82 Å². The van der Waals surface area contributed by atoms with Gasteiger partial charge in [0.1, 0.15) is 5.82 Å². The molecule has 1 saturated heterocycles. The molecule has 2 aromatic rings. The molecular weight excluding hydrogens is 282 g/mol. The second kappa shape index (κ2) is 5.66. The van der Waals surface area contributed by atoms with E-state index in [-0.39, 0.29) is 12.4 Å². The van der Waals surface area contributed by atoms with Gasteiger partial charge in [-0.15, -0.1) is 12.4 Å². The molecule has 1 fully saturated rings. The molecule has 1 aromatic heterocycles. The highest BCUT2D eigenvalue weighted by Crippen LogP contribution is 2.37. The summed E-state index contributed by atoms with van der Waals surface area (Å²) in [4.78, 5) is 9.60. The van der Waals surface area contributed by atoms with Gasteiger partial charge >= 0.3 is 0 Å². The highest BCUT2D eigenvalue weighted by molar-refractivity contribution is 5.85. The lowest BCUT2D eigenvalue weighted by Crippen LogP contribution is -2.47. The van der Waals surface area contributed by atoms with Crippen molar-refractivity contribution in [1.82, 2.24) is 9.88 Å². The Morgan fingerprint density at radius 2 is 1.86 bits per heavy atom. The number of rotatable bonds is 0. The van der Waals surface area contributed by atoms with Crippen molar-refractivity contribution in [3.8, 4) is 0 Å². The first kappa shape index (κ1) is 14.4. The quantitative estimate of drug-likeness (QED) is 0.746. The maximum Gasteiger partial charge on any atom is 0.132 e. The zero-order chi connectivity index (χ0) is 13.5. The number of likely N-dealkylation sites (N-methyl/N-ethyl adjacent to an activating group) is 1. The largest absolute Gasteiger partial charge is 0.347 e. The van der Waals surface area contributed by atoms with Gasteiger partial charge in [0.2, 0.25) is 0 Å². The molecule has 0 bridgehead atoms. The number of halogens is 1. The molecule has 0 spiro atoms. The first-order valence-electron chi connectivity index (χ1n) is 7.30. The smallest absolute Gasteiger partial charge is 0.132 e. The number of fused-ring (bicyclic) bond motifs is 5. The normalized spacial score (nSPS) is 20.6. The van der Waals surface area contributed by atoms with Crippen LogP contribution in [0.25, 0.3) is 0 Å². The van der Waals surface area contributed by atoms with Gasteiger partial charge in [0, 0.05) is 32.3 Å². The Bertz CT molecular complexity index is 643. The summed E-state index contributed by atoms with van der Waals surface area (Å²) in [5.74, 6) is 1.18. The van der Waals surface area contributed by atoms with Gasteiger partial charge in [-0.3, -0.25) is 0 Å². The minimum absolute atomic E-state index is 0. The zero-order valence-corrected chi connectivity index (χ0v) is 13.0. The molecule has 4 rings (SSSR count). The van der Waals surface area contributed by atoms with Crippen LogP contribution in [-0.2, 0) is 6.42 Å². The van der Waals surface area contributed by atoms with Gasteiger partial charge in [-0.25, -0.2) is 4.98 Å². The van der Waals surface area contributed by atoms with Crippen LogP contribution in [0, 0.1) is 0 Å². The van der Waals surface area contributed by atoms with E-state index >= 15 is 0 Å². The summed E-state index contributed by atoms with van der Waals surface area (Å²) < 4.78 is 0. The van der Waals surface area contributed by atoms with Crippen molar-refractivity contribution in [2.45, 2.75) is 12.5 Å². The van der Waals surface area contributed by atoms with E-state index in [9.17, 15) is 0 Å². The predicted octanol–water partition coefficient (Wildman–Crippen LogP) is 2.90. The summed E-state index contributed by atoms with van der Waals surface area (Å²) in [5, 5.41) is 0. The highest BCUT2D eigenvalue weighted by atomic mass is 35.5. The van der Waals surface area contributed by atoms with Crippen molar-refractivity contribution in [3.63, 3.8) is 0 Å². The average Bonchev–Trinajstić information content (AvgIpc) is 2.61. The Morgan fingerprint density at radius 3 is 2.76 bits per heavy atom. The van der Waals surface area contributed by atoms with E-state index in [1.54, 1.807) is 0 Å². The van der Waals surface area contributed by atoms with E-state index in [0.29, 0.717) is 6.04 Å². The Kier molecular flexibility index (Phi) is 3.87. The first-order chi connectivity index (χ1) is 9.83. The molecule has 0 N–H and O–H groups in total. The molecule has 110 valence electrons. The molecular formula is C17H20ClN3. The molecule has 1 aromatic carbocycles. The number of pyridine rings is 1. The highest BCUT2D eigenvalue weighted by Gasteiger charge is 2.32. The van der Waals surface area contributed by atoms with Crippen LogP contribution in [0.1, 0.15) is 22.7 Å². The summed E-state index contributed by atoms with van der Waals surface area (Å²) in [5.41, 5.74) is 4.27. The van der Waals surface area contributed by atoms with Gasteiger partial charge < -0.3 is 9.80 Å². The van der Waals surface area contributed by atoms with Crippen molar-refractivity contribution >= 4 is 18.2 Å². The van der Waals surface area contributed by atoms with E-state index < -0.39 is 0 Å². The molecule has 1 unspecified atom stereocenters. The van der Waals surface area contributed by atoms with Crippen molar-refractivity contribution in [2.75, 3.05) is 31.6 Å². The number of aromatic nitrogens is 1. The Balaban J connectivity index is 0.00000132. The van der Waals surface area contributed by atoms with Crippen LogP contribution in [0.3, 0.4) is 0 Å².